The van der Waals surface area contributed by atoms with Crippen LogP contribution in [0.3, 0.4) is 0 Å². The number of nitrogens with zero attached hydrogens (tertiary/aromatic N) is 2. The lowest BCUT2D eigenvalue weighted by Crippen LogP contribution is -2.19. The molecule has 0 atom stereocenters. The van der Waals surface area contributed by atoms with Crippen molar-refractivity contribution in [2.24, 2.45) is 5.92 Å². The summed E-state index contributed by atoms with van der Waals surface area (Å²) in [7, 11) is 1.73. The van der Waals surface area contributed by atoms with E-state index < -0.39 is 0 Å². The summed E-state index contributed by atoms with van der Waals surface area (Å²) >= 11 is 0. The molecule has 1 heterocycles. The molecule has 0 bridgehead atoms. The van der Waals surface area contributed by atoms with Gasteiger partial charge in [-0.2, -0.15) is 5.10 Å². The average molecular weight is 267 g/mol. The van der Waals surface area contributed by atoms with Crippen LogP contribution in [0.4, 0.5) is 0 Å². The summed E-state index contributed by atoms with van der Waals surface area (Å²) in [4.78, 5) is 0. The van der Waals surface area contributed by atoms with E-state index in [0.29, 0.717) is 0 Å². The van der Waals surface area contributed by atoms with Gasteiger partial charge < -0.3 is 10.1 Å². The average Bonchev–Trinajstić information content (AvgIpc) is 2.75. The van der Waals surface area contributed by atoms with E-state index >= 15 is 0 Å². The van der Waals surface area contributed by atoms with Crippen LogP contribution in [-0.2, 0) is 24.2 Å². The van der Waals surface area contributed by atoms with Crippen LogP contribution in [0.1, 0.15) is 44.9 Å². The van der Waals surface area contributed by atoms with Crippen molar-refractivity contribution in [3.63, 3.8) is 0 Å². The summed E-state index contributed by atoms with van der Waals surface area (Å²) in [6, 6.07) is 0. The van der Waals surface area contributed by atoms with Crippen molar-refractivity contribution in [3.05, 3.63) is 17.5 Å². The predicted molar refractivity (Wildman–Crippen MR) is 79.3 cm³/mol. The minimum Gasteiger partial charge on any atom is -0.383 e. The molecule has 1 aromatic rings. The molecule has 0 unspecified atom stereocenters. The van der Waals surface area contributed by atoms with Crippen molar-refractivity contribution in [1.82, 2.24) is 15.1 Å². The Morgan fingerprint density at radius 2 is 2.21 bits per heavy atom. The second-order valence-corrected chi connectivity index (χ2v) is 5.44. The number of hydrogen-bond acceptors (Lipinski definition) is 3. The van der Waals surface area contributed by atoms with E-state index in [1.165, 1.54) is 24.1 Å². The molecule has 0 saturated carbocycles. The van der Waals surface area contributed by atoms with Crippen LogP contribution in [0.15, 0.2) is 6.20 Å². The molecule has 4 nitrogen and oxygen atoms in total. The Balaban J connectivity index is 2.58. The zero-order valence-corrected chi connectivity index (χ0v) is 12.9. The molecule has 0 spiro atoms. The molecule has 0 radical (unpaired) electrons. The molecule has 0 aliphatic carbocycles. The fourth-order valence-corrected chi connectivity index (χ4v) is 2.09. The first-order valence-corrected chi connectivity index (χ1v) is 7.42. The zero-order chi connectivity index (χ0) is 14.1. The van der Waals surface area contributed by atoms with Gasteiger partial charge in [0.15, 0.2) is 0 Å². The number of methoxy groups -OCH3 is 1. The third kappa shape index (κ3) is 5.74. The molecule has 1 aromatic heterocycles. The molecule has 0 aliphatic heterocycles. The molecule has 110 valence electrons. The first-order valence-electron chi connectivity index (χ1n) is 7.42. The molecular weight excluding hydrogens is 238 g/mol. The first kappa shape index (κ1) is 16.2. The lowest BCUT2D eigenvalue weighted by atomic mass is 10.1. The van der Waals surface area contributed by atoms with E-state index in [2.05, 4.69) is 35.9 Å². The number of nitrogens with one attached hydrogen (secondary N) is 1. The van der Waals surface area contributed by atoms with Gasteiger partial charge in [0.05, 0.1) is 12.8 Å². The van der Waals surface area contributed by atoms with Gasteiger partial charge in [-0.15, -0.1) is 0 Å². The minimum atomic E-state index is 0.724. The lowest BCUT2D eigenvalue weighted by molar-refractivity contribution is 0.199. The SMILES string of the molecule is CCCc1c(CNCCOC)cnn1CCC(C)C. The first-order chi connectivity index (χ1) is 9.19. The second-order valence-electron chi connectivity index (χ2n) is 5.44. The number of rotatable bonds is 10. The van der Waals surface area contributed by atoms with E-state index in [-0.39, 0.29) is 0 Å². The highest BCUT2D eigenvalue weighted by atomic mass is 16.5. The molecule has 19 heavy (non-hydrogen) atoms. The van der Waals surface area contributed by atoms with Crippen LogP contribution in [0.5, 0.6) is 0 Å². The quantitative estimate of drug-likeness (QED) is 0.662. The Kier molecular flexibility index (Phi) is 7.75. The van der Waals surface area contributed by atoms with Crippen LogP contribution in [0, 0.1) is 5.92 Å². The van der Waals surface area contributed by atoms with E-state index in [1.54, 1.807) is 7.11 Å². The fraction of sp³-hybridized carbons (Fsp3) is 0.800. The van der Waals surface area contributed by atoms with Crippen LogP contribution in [0.25, 0.3) is 0 Å². The molecule has 1 rings (SSSR count). The summed E-state index contributed by atoms with van der Waals surface area (Å²) in [6.07, 6.45) is 5.48. The summed E-state index contributed by atoms with van der Waals surface area (Å²) in [5.41, 5.74) is 2.73. The molecule has 0 aromatic carbocycles. The maximum absolute atomic E-state index is 5.04. The normalized spacial score (nSPS) is 11.4. The Labute approximate surface area is 117 Å². The molecule has 0 amide bonds. The van der Waals surface area contributed by atoms with Crippen molar-refractivity contribution >= 4 is 0 Å². The van der Waals surface area contributed by atoms with Gasteiger partial charge in [-0.25, -0.2) is 0 Å². The number of ether oxygens (including phenoxy) is 1. The van der Waals surface area contributed by atoms with Gasteiger partial charge in [-0.3, -0.25) is 4.68 Å². The Morgan fingerprint density at radius 3 is 2.84 bits per heavy atom. The van der Waals surface area contributed by atoms with Crippen LogP contribution < -0.4 is 5.32 Å². The number of aromatic nitrogens is 2. The summed E-state index contributed by atoms with van der Waals surface area (Å²) in [6.45, 7) is 10.3. The van der Waals surface area contributed by atoms with E-state index in [9.17, 15) is 0 Å². The van der Waals surface area contributed by atoms with Crippen LogP contribution >= 0.6 is 0 Å². The summed E-state index contributed by atoms with van der Waals surface area (Å²) < 4.78 is 7.24. The molecule has 0 saturated heterocycles. The Bertz CT molecular complexity index is 347. The maximum Gasteiger partial charge on any atom is 0.0587 e. The van der Waals surface area contributed by atoms with Crippen molar-refractivity contribution in [3.8, 4) is 0 Å². The monoisotopic (exact) mass is 267 g/mol. The Morgan fingerprint density at radius 1 is 1.42 bits per heavy atom. The van der Waals surface area contributed by atoms with Gasteiger partial charge in [0, 0.05) is 38.0 Å². The largest absolute Gasteiger partial charge is 0.383 e. The van der Waals surface area contributed by atoms with Gasteiger partial charge in [-0.1, -0.05) is 27.2 Å². The van der Waals surface area contributed by atoms with Crippen molar-refractivity contribution in [2.75, 3.05) is 20.3 Å². The highest BCUT2D eigenvalue weighted by Gasteiger charge is 2.10. The minimum absolute atomic E-state index is 0.724. The standard InChI is InChI=1S/C15H29N3O/c1-5-6-15-14(11-16-8-10-19-4)12-17-18(15)9-7-13(2)3/h12-13,16H,5-11H2,1-4H3. The second kappa shape index (κ2) is 9.10. The fourth-order valence-electron chi connectivity index (χ4n) is 2.09. The number of aryl methyl sites for hydroxylation is 1. The summed E-state index contributed by atoms with van der Waals surface area (Å²) in [5, 5.41) is 7.95. The topological polar surface area (TPSA) is 39.1 Å². The van der Waals surface area contributed by atoms with Gasteiger partial charge in [0.1, 0.15) is 0 Å². The van der Waals surface area contributed by atoms with E-state index in [0.717, 1.165) is 38.6 Å². The highest BCUT2D eigenvalue weighted by Crippen LogP contribution is 2.13. The molecule has 0 fully saturated rings. The van der Waals surface area contributed by atoms with Crippen molar-refractivity contribution in [1.29, 1.82) is 0 Å². The van der Waals surface area contributed by atoms with Gasteiger partial charge >= 0.3 is 0 Å². The Hall–Kier alpha value is -0.870. The van der Waals surface area contributed by atoms with Crippen molar-refractivity contribution < 1.29 is 4.74 Å². The van der Waals surface area contributed by atoms with Crippen molar-refractivity contribution in [2.45, 2.75) is 53.1 Å². The van der Waals surface area contributed by atoms with Crippen LogP contribution in [-0.4, -0.2) is 30.0 Å². The lowest BCUT2D eigenvalue weighted by Gasteiger charge is -2.11. The zero-order valence-electron chi connectivity index (χ0n) is 12.9. The third-order valence-electron chi connectivity index (χ3n) is 3.24. The predicted octanol–water partition coefficient (Wildman–Crippen LogP) is 2.62. The van der Waals surface area contributed by atoms with Gasteiger partial charge in [0.25, 0.3) is 0 Å². The van der Waals surface area contributed by atoms with Gasteiger partial charge in [-0.05, 0) is 18.8 Å². The maximum atomic E-state index is 5.04. The molecule has 4 heteroatoms. The highest BCUT2D eigenvalue weighted by molar-refractivity contribution is 5.18. The third-order valence-corrected chi connectivity index (χ3v) is 3.24. The molecule has 1 N–H and O–H groups in total. The van der Waals surface area contributed by atoms with E-state index in [4.69, 9.17) is 4.74 Å². The van der Waals surface area contributed by atoms with Crippen LogP contribution in [0.2, 0.25) is 0 Å². The molecular formula is C15H29N3O. The smallest absolute Gasteiger partial charge is 0.0587 e. The van der Waals surface area contributed by atoms with Gasteiger partial charge in [0.2, 0.25) is 0 Å². The summed E-state index contributed by atoms with van der Waals surface area (Å²) in [5.74, 6) is 0.724. The van der Waals surface area contributed by atoms with E-state index in [1.807, 2.05) is 6.20 Å². The molecule has 0 aliphatic rings. The number of hydrogen-bond donors (Lipinski definition) is 1.